The number of rotatable bonds is 3. The van der Waals surface area contributed by atoms with Crippen molar-refractivity contribution >= 4 is 22.5 Å². The molecule has 26 heavy (non-hydrogen) atoms. The Bertz CT molecular complexity index is 974. The van der Waals surface area contributed by atoms with Crippen molar-refractivity contribution in [1.29, 1.82) is 0 Å². The Hall–Kier alpha value is -3.22. The molecule has 3 rings (SSSR count). The van der Waals surface area contributed by atoms with Crippen LogP contribution < -0.4 is 5.43 Å². The Morgan fingerprint density at radius 1 is 1.04 bits per heavy atom. The molecule has 0 aliphatic carbocycles. The number of alkyl halides is 3. The van der Waals surface area contributed by atoms with Crippen molar-refractivity contribution in [3.63, 3.8) is 0 Å². The summed E-state index contributed by atoms with van der Waals surface area (Å²) in [7, 11) is 0. The fourth-order valence-corrected chi connectivity index (χ4v) is 2.46. The van der Waals surface area contributed by atoms with E-state index in [9.17, 15) is 18.0 Å². The maximum absolute atomic E-state index is 12.6. The quantitative estimate of drug-likeness (QED) is 0.558. The van der Waals surface area contributed by atoms with E-state index < -0.39 is 17.6 Å². The predicted molar refractivity (Wildman–Crippen MR) is 92.9 cm³/mol. The fraction of sp³-hybridized carbons (Fsp3) is 0.105. The van der Waals surface area contributed by atoms with Gasteiger partial charge >= 0.3 is 6.18 Å². The fourth-order valence-electron chi connectivity index (χ4n) is 2.46. The SMILES string of the molecule is C/C(=N\NC(=O)c1cccc2ncccc12)c1ccc(C(F)(F)F)cc1. The van der Waals surface area contributed by atoms with Gasteiger partial charge in [0, 0.05) is 11.6 Å². The standard InChI is InChI=1S/C19H14F3N3O/c1-12(13-7-9-14(10-8-13)19(20,21)22)24-25-18(26)16-4-2-6-17-15(16)5-3-11-23-17/h2-11H,1H3,(H,25,26)/b24-12+. The van der Waals surface area contributed by atoms with Crippen molar-refractivity contribution < 1.29 is 18.0 Å². The van der Waals surface area contributed by atoms with Crippen molar-refractivity contribution in [2.24, 2.45) is 5.10 Å². The first-order chi connectivity index (χ1) is 12.4. The van der Waals surface area contributed by atoms with Gasteiger partial charge in [-0.25, -0.2) is 5.43 Å². The second-order valence-electron chi connectivity index (χ2n) is 5.59. The van der Waals surface area contributed by atoms with Gasteiger partial charge in [0.05, 0.1) is 22.4 Å². The molecule has 0 atom stereocenters. The van der Waals surface area contributed by atoms with Crippen LogP contribution in [0.5, 0.6) is 0 Å². The number of nitrogens with one attached hydrogen (secondary N) is 1. The smallest absolute Gasteiger partial charge is 0.267 e. The van der Waals surface area contributed by atoms with Gasteiger partial charge in [-0.2, -0.15) is 18.3 Å². The van der Waals surface area contributed by atoms with Gasteiger partial charge in [-0.1, -0.05) is 24.3 Å². The van der Waals surface area contributed by atoms with Crippen molar-refractivity contribution in [2.45, 2.75) is 13.1 Å². The summed E-state index contributed by atoms with van der Waals surface area (Å²) in [5, 5.41) is 4.67. The molecule has 0 aliphatic rings. The Balaban J connectivity index is 1.79. The minimum absolute atomic E-state index is 0.394. The van der Waals surface area contributed by atoms with E-state index in [0.29, 0.717) is 27.7 Å². The van der Waals surface area contributed by atoms with Gasteiger partial charge in [-0.05, 0) is 42.8 Å². The molecule has 132 valence electrons. The molecule has 0 radical (unpaired) electrons. The number of hydrazone groups is 1. The molecule has 1 amide bonds. The number of amides is 1. The van der Waals surface area contributed by atoms with Gasteiger partial charge in [-0.15, -0.1) is 0 Å². The Kier molecular flexibility index (Phi) is 4.71. The first kappa shape index (κ1) is 17.6. The summed E-state index contributed by atoms with van der Waals surface area (Å²) in [5.74, 6) is -0.421. The highest BCUT2D eigenvalue weighted by atomic mass is 19.4. The van der Waals surface area contributed by atoms with Crippen LogP contribution in [0.15, 0.2) is 65.9 Å². The highest BCUT2D eigenvalue weighted by Crippen LogP contribution is 2.29. The maximum atomic E-state index is 12.6. The minimum atomic E-state index is -4.39. The van der Waals surface area contributed by atoms with Gasteiger partial charge in [0.25, 0.3) is 5.91 Å². The zero-order chi connectivity index (χ0) is 18.7. The Labute approximate surface area is 147 Å². The Morgan fingerprint density at radius 3 is 2.46 bits per heavy atom. The summed E-state index contributed by atoms with van der Waals surface area (Å²) in [6.07, 6.45) is -2.75. The monoisotopic (exact) mass is 357 g/mol. The number of hydrogen-bond donors (Lipinski definition) is 1. The summed E-state index contributed by atoms with van der Waals surface area (Å²) in [6, 6.07) is 13.3. The van der Waals surface area contributed by atoms with Crippen LogP contribution in [-0.4, -0.2) is 16.6 Å². The summed E-state index contributed by atoms with van der Waals surface area (Å²) >= 11 is 0. The van der Waals surface area contributed by atoms with Crippen LogP contribution in [0.3, 0.4) is 0 Å². The lowest BCUT2D eigenvalue weighted by Crippen LogP contribution is -2.19. The maximum Gasteiger partial charge on any atom is 0.416 e. The van der Waals surface area contributed by atoms with E-state index >= 15 is 0 Å². The molecule has 0 unspecified atom stereocenters. The average molecular weight is 357 g/mol. The van der Waals surface area contributed by atoms with E-state index in [1.807, 2.05) is 0 Å². The van der Waals surface area contributed by atoms with Crippen LogP contribution in [0.4, 0.5) is 13.2 Å². The van der Waals surface area contributed by atoms with Crippen LogP contribution in [-0.2, 0) is 6.18 Å². The molecule has 4 nitrogen and oxygen atoms in total. The van der Waals surface area contributed by atoms with E-state index in [2.05, 4.69) is 15.5 Å². The van der Waals surface area contributed by atoms with Gasteiger partial charge in [-0.3, -0.25) is 9.78 Å². The number of aromatic nitrogens is 1. The van der Waals surface area contributed by atoms with Gasteiger partial charge in [0.15, 0.2) is 0 Å². The molecule has 0 saturated heterocycles. The molecule has 0 saturated carbocycles. The normalized spacial score (nSPS) is 12.2. The van der Waals surface area contributed by atoms with E-state index in [1.165, 1.54) is 12.1 Å². The van der Waals surface area contributed by atoms with E-state index in [1.54, 1.807) is 43.5 Å². The van der Waals surface area contributed by atoms with E-state index in [0.717, 1.165) is 12.1 Å². The Morgan fingerprint density at radius 2 is 1.77 bits per heavy atom. The zero-order valence-electron chi connectivity index (χ0n) is 13.7. The minimum Gasteiger partial charge on any atom is -0.267 e. The summed E-state index contributed by atoms with van der Waals surface area (Å²) < 4.78 is 37.8. The third-order valence-corrected chi connectivity index (χ3v) is 3.85. The van der Waals surface area contributed by atoms with Crippen LogP contribution in [0.1, 0.15) is 28.4 Å². The third kappa shape index (κ3) is 3.72. The number of nitrogens with zero attached hydrogens (tertiary/aromatic N) is 2. The molecule has 1 aromatic heterocycles. The zero-order valence-corrected chi connectivity index (χ0v) is 13.7. The van der Waals surface area contributed by atoms with E-state index in [4.69, 9.17) is 0 Å². The molecular formula is C19H14F3N3O. The predicted octanol–water partition coefficient (Wildman–Crippen LogP) is 4.41. The average Bonchev–Trinajstić information content (AvgIpc) is 2.64. The lowest BCUT2D eigenvalue weighted by atomic mass is 10.1. The highest BCUT2D eigenvalue weighted by molar-refractivity contribution is 6.07. The number of hydrogen-bond acceptors (Lipinski definition) is 3. The molecular weight excluding hydrogens is 343 g/mol. The molecule has 2 aromatic carbocycles. The summed E-state index contributed by atoms with van der Waals surface area (Å²) in [6.45, 7) is 1.60. The van der Waals surface area contributed by atoms with Gasteiger partial charge in [0.1, 0.15) is 0 Å². The molecule has 7 heteroatoms. The molecule has 0 bridgehead atoms. The van der Waals surface area contributed by atoms with E-state index in [-0.39, 0.29) is 0 Å². The number of carbonyl (C=O) groups excluding carboxylic acids is 1. The van der Waals surface area contributed by atoms with Crippen LogP contribution in [0.25, 0.3) is 10.9 Å². The lowest BCUT2D eigenvalue weighted by molar-refractivity contribution is -0.137. The largest absolute Gasteiger partial charge is 0.416 e. The first-order valence-electron chi connectivity index (χ1n) is 7.72. The molecule has 1 heterocycles. The van der Waals surface area contributed by atoms with Crippen LogP contribution in [0, 0.1) is 0 Å². The molecule has 0 aliphatic heterocycles. The molecule has 0 fully saturated rings. The topological polar surface area (TPSA) is 54.4 Å². The van der Waals surface area contributed by atoms with Gasteiger partial charge in [0.2, 0.25) is 0 Å². The number of benzene rings is 2. The van der Waals surface area contributed by atoms with Crippen LogP contribution in [0.2, 0.25) is 0 Å². The first-order valence-corrected chi connectivity index (χ1v) is 7.72. The van der Waals surface area contributed by atoms with Crippen molar-refractivity contribution in [1.82, 2.24) is 10.4 Å². The van der Waals surface area contributed by atoms with Gasteiger partial charge < -0.3 is 0 Å². The van der Waals surface area contributed by atoms with Crippen molar-refractivity contribution in [3.8, 4) is 0 Å². The third-order valence-electron chi connectivity index (χ3n) is 3.85. The molecule has 0 spiro atoms. The van der Waals surface area contributed by atoms with Crippen molar-refractivity contribution in [2.75, 3.05) is 0 Å². The number of fused-ring (bicyclic) bond motifs is 1. The number of halogens is 3. The van der Waals surface area contributed by atoms with Crippen LogP contribution >= 0.6 is 0 Å². The summed E-state index contributed by atoms with van der Waals surface area (Å²) in [5.41, 5.74) is 3.68. The second kappa shape index (κ2) is 6.95. The highest BCUT2D eigenvalue weighted by Gasteiger charge is 2.29. The number of pyridine rings is 1. The number of carbonyl (C=O) groups is 1. The van der Waals surface area contributed by atoms with Crippen molar-refractivity contribution in [3.05, 3.63) is 77.5 Å². The molecule has 1 N–H and O–H groups in total. The lowest BCUT2D eigenvalue weighted by Gasteiger charge is -2.08. The second-order valence-corrected chi connectivity index (χ2v) is 5.59. The summed E-state index contributed by atoms with van der Waals surface area (Å²) in [4.78, 5) is 16.6. The molecule has 3 aromatic rings.